The van der Waals surface area contributed by atoms with Crippen molar-refractivity contribution in [3.8, 4) is 0 Å². The van der Waals surface area contributed by atoms with E-state index in [2.05, 4.69) is 37.1 Å². The molecule has 6 heteroatoms. The van der Waals surface area contributed by atoms with Crippen molar-refractivity contribution in [2.75, 3.05) is 5.75 Å². The zero-order valence-electron chi connectivity index (χ0n) is 10.2. The van der Waals surface area contributed by atoms with Gasteiger partial charge in [0.2, 0.25) is 0 Å². The predicted molar refractivity (Wildman–Crippen MR) is 89.0 cm³/mol. The molecule has 0 bridgehead atoms. The van der Waals surface area contributed by atoms with Gasteiger partial charge in [-0.25, -0.2) is 4.99 Å². The monoisotopic (exact) mass is 347 g/mol. The van der Waals surface area contributed by atoms with Crippen molar-refractivity contribution in [1.29, 1.82) is 0 Å². The number of thiocarbonyl (C=S) groups is 1. The summed E-state index contributed by atoms with van der Waals surface area (Å²) in [6, 6.07) is 0. The Balaban J connectivity index is 2.02. The predicted octanol–water partition coefficient (Wildman–Crippen LogP) is 3.67. The fourth-order valence-corrected chi connectivity index (χ4v) is 5.97. The summed E-state index contributed by atoms with van der Waals surface area (Å²) < 4.78 is 4.19. The number of nitrogens with zero attached hydrogens (tertiary/aromatic N) is 1. The van der Waals surface area contributed by atoms with E-state index in [0.29, 0.717) is 5.11 Å². The third-order valence-corrected chi connectivity index (χ3v) is 8.08. The second-order valence-electron chi connectivity index (χ2n) is 4.49. The first-order valence-electron chi connectivity index (χ1n) is 6.08. The van der Waals surface area contributed by atoms with Gasteiger partial charge in [-0.2, -0.15) is 0 Å². The molecule has 1 aliphatic carbocycles. The quantitative estimate of drug-likeness (QED) is 0.602. The third kappa shape index (κ3) is 3.36. The summed E-state index contributed by atoms with van der Waals surface area (Å²) in [5, 5.41) is 2.46. The zero-order valence-corrected chi connectivity index (χ0v) is 13.4. The van der Waals surface area contributed by atoms with Crippen LogP contribution in [0.5, 0.6) is 0 Å². The van der Waals surface area contributed by atoms with Gasteiger partial charge in [0, 0.05) is 12.0 Å². The van der Waals surface area contributed by atoms with Gasteiger partial charge < -0.3 is 10.5 Å². The maximum atomic E-state index is 5.65. The van der Waals surface area contributed by atoms with Gasteiger partial charge in [0.25, 0.3) is 0 Å². The SMILES string of the molecule is NC(=S)NS1(CCC2=CCCCC2)C=CN=C1Br. The fraction of sp³-hybridized carbons (Fsp3) is 0.500. The van der Waals surface area contributed by atoms with Crippen LogP contribution in [0.25, 0.3) is 0 Å². The van der Waals surface area contributed by atoms with E-state index in [-0.39, 0.29) is 0 Å². The number of nitrogens with one attached hydrogen (secondary N) is 1. The van der Waals surface area contributed by atoms with Crippen LogP contribution in [-0.2, 0) is 0 Å². The lowest BCUT2D eigenvalue weighted by Crippen LogP contribution is -2.34. The fourth-order valence-electron chi connectivity index (χ4n) is 2.23. The summed E-state index contributed by atoms with van der Waals surface area (Å²) in [4.78, 5) is 4.30. The van der Waals surface area contributed by atoms with Crippen LogP contribution < -0.4 is 10.5 Å². The normalized spacial score (nSPS) is 30.3. The van der Waals surface area contributed by atoms with Crippen LogP contribution in [0.2, 0.25) is 0 Å². The Kier molecular flexibility index (Phi) is 4.86. The molecule has 1 heterocycles. The zero-order chi connectivity index (χ0) is 13.0. The molecule has 100 valence electrons. The van der Waals surface area contributed by atoms with Gasteiger partial charge in [-0.15, -0.1) is 0 Å². The molecule has 1 atom stereocenters. The number of nitrogens with two attached hydrogens (primary N) is 1. The van der Waals surface area contributed by atoms with E-state index < -0.39 is 10.2 Å². The minimum Gasteiger partial charge on any atom is -0.376 e. The highest BCUT2D eigenvalue weighted by Gasteiger charge is 2.29. The molecule has 2 rings (SSSR count). The van der Waals surface area contributed by atoms with Gasteiger partial charge in [-0.3, -0.25) is 0 Å². The number of allylic oxidation sites excluding steroid dienone is 2. The lowest BCUT2D eigenvalue weighted by molar-refractivity contribution is 0.685. The number of hydrogen-bond acceptors (Lipinski definition) is 2. The highest BCUT2D eigenvalue weighted by Crippen LogP contribution is 2.53. The van der Waals surface area contributed by atoms with E-state index in [1.165, 1.54) is 25.7 Å². The molecule has 18 heavy (non-hydrogen) atoms. The Hall–Kier alpha value is -0.330. The molecule has 0 saturated heterocycles. The molecule has 0 saturated carbocycles. The largest absolute Gasteiger partial charge is 0.376 e. The summed E-state index contributed by atoms with van der Waals surface area (Å²) in [6.07, 6.45) is 10.4. The average molecular weight is 348 g/mol. The third-order valence-electron chi connectivity index (χ3n) is 3.18. The number of halogens is 1. The Morgan fingerprint density at radius 1 is 1.56 bits per heavy atom. The van der Waals surface area contributed by atoms with Gasteiger partial charge in [0.05, 0.1) is 0 Å². The van der Waals surface area contributed by atoms with Crippen LogP contribution in [-0.4, -0.2) is 14.8 Å². The maximum absolute atomic E-state index is 5.65. The first-order chi connectivity index (χ1) is 8.62. The van der Waals surface area contributed by atoms with E-state index in [4.69, 9.17) is 18.0 Å². The van der Waals surface area contributed by atoms with Crippen molar-refractivity contribution in [2.45, 2.75) is 32.1 Å². The van der Waals surface area contributed by atoms with Crippen molar-refractivity contribution in [2.24, 2.45) is 10.7 Å². The van der Waals surface area contributed by atoms with Crippen molar-refractivity contribution < 1.29 is 0 Å². The minimum absolute atomic E-state index is 0.348. The van der Waals surface area contributed by atoms with E-state index in [1.54, 1.807) is 5.57 Å². The molecular weight excluding hydrogens is 330 g/mol. The van der Waals surface area contributed by atoms with Crippen molar-refractivity contribution in [3.05, 3.63) is 23.3 Å². The highest BCUT2D eigenvalue weighted by molar-refractivity contribution is 9.23. The van der Waals surface area contributed by atoms with Crippen LogP contribution in [0.3, 0.4) is 0 Å². The molecule has 3 nitrogen and oxygen atoms in total. The first-order valence-corrected chi connectivity index (χ1v) is 9.15. The Morgan fingerprint density at radius 3 is 2.94 bits per heavy atom. The molecule has 1 unspecified atom stereocenters. The summed E-state index contributed by atoms with van der Waals surface area (Å²) >= 11 is 8.53. The van der Waals surface area contributed by atoms with Gasteiger partial charge in [-0.05, 0) is 65.7 Å². The van der Waals surface area contributed by atoms with E-state index in [0.717, 1.165) is 16.1 Å². The summed E-state index contributed by atoms with van der Waals surface area (Å²) in [6.45, 7) is 0. The molecule has 2 aliphatic rings. The van der Waals surface area contributed by atoms with Crippen LogP contribution in [0, 0.1) is 0 Å². The van der Waals surface area contributed by atoms with Crippen LogP contribution in [0.4, 0.5) is 0 Å². The molecule has 0 aromatic carbocycles. The second kappa shape index (κ2) is 6.21. The van der Waals surface area contributed by atoms with Gasteiger partial charge in [0.1, 0.15) is 3.95 Å². The molecular formula is C12H18BrN3S2. The molecule has 0 amide bonds. The number of hydrogen-bond donors (Lipinski definition) is 2. The van der Waals surface area contributed by atoms with Crippen molar-refractivity contribution >= 4 is 47.4 Å². The lowest BCUT2D eigenvalue weighted by atomic mass is 9.98. The summed E-state index contributed by atoms with van der Waals surface area (Å²) in [7, 11) is -1.31. The van der Waals surface area contributed by atoms with Crippen molar-refractivity contribution in [3.63, 3.8) is 0 Å². The lowest BCUT2D eigenvalue weighted by Gasteiger charge is -2.34. The Bertz CT molecular complexity index is 431. The van der Waals surface area contributed by atoms with Crippen LogP contribution in [0.15, 0.2) is 28.2 Å². The minimum atomic E-state index is -1.31. The summed E-state index contributed by atoms with van der Waals surface area (Å²) in [5.41, 5.74) is 7.21. The standard InChI is InChI=1S/C12H18BrN3S2/c13-11-15-7-9-18(11,16-12(14)17)8-6-10-4-2-1-3-5-10/h4,7,9H,1-3,5-6,8H2,(H3,14,16,17). The van der Waals surface area contributed by atoms with E-state index in [9.17, 15) is 0 Å². The maximum Gasteiger partial charge on any atom is 0.173 e. The molecule has 0 spiro atoms. The molecule has 0 aromatic heterocycles. The highest BCUT2D eigenvalue weighted by atomic mass is 79.9. The summed E-state index contributed by atoms with van der Waals surface area (Å²) in [5.74, 6) is 1.01. The average Bonchev–Trinajstić information content (AvgIpc) is 2.69. The first kappa shape index (κ1) is 14.1. The Morgan fingerprint density at radius 2 is 2.39 bits per heavy atom. The van der Waals surface area contributed by atoms with Crippen LogP contribution in [0.1, 0.15) is 32.1 Å². The Labute approximate surface area is 124 Å². The molecule has 0 fully saturated rings. The van der Waals surface area contributed by atoms with Crippen molar-refractivity contribution in [1.82, 2.24) is 4.72 Å². The molecule has 0 radical (unpaired) electrons. The molecule has 1 aliphatic heterocycles. The van der Waals surface area contributed by atoms with Gasteiger partial charge >= 0.3 is 0 Å². The topological polar surface area (TPSA) is 50.4 Å². The second-order valence-corrected chi connectivity index (χ2v) is 9.06. The van der Waals surface area contributed by atoms with E-state index in [1.807, 2.05) is 6.20 Å². The number of rotatable bonds is 4. The number of aliphatic imine (C=N–C) groups is 1. The van der Waals surface area contributed by atoms with Crippen LogP contribution >= 0.6 is 38.4 Å². The van der Waals surface area contributed by atoms with Gasteiger partial charge in [-0.1, -0.05) is 21.9 Å². The smallest absolute Gasteiger partial charge is 0.173 e. The van der Waals surface area contributed by atoms with E-state index >= 15 is 0 Å². The van der Waals surface area contributed by atoms with Gasteiger partial charge in [0.15, 0.2) is 5.11 Å². The molecule has 3 N–H and O–H groups in total. The molecule has 0 aromatic rings.